The van der Waals surface area contributed by atoms with Gasteiger partial charge >= 0.3 is 0 Å². The minimum absolute atomic E-state index is 0.175. The lowest BCUT2D eigenvalue weighted by atomic mass is 9.93. The van der Waals surface area contributed by atoms with Crippen LogP contribution < -0.4 is 4.74 Å². The van der Waals surface area contributed by atoms with Crippen molar-refractivity contribution < 1.29 is 9.53 Å². The number of benzene rings is 2. The molecule has 0 aliphatic carbocycles. The van der Waals surface area contributed by atoms with E-state index in [4.69, 9.17) is 9.72 Å². The first-order valence-corrected chi connectivity index (χ1v) is 10.6. The number of rotatable bonds is 6. The van der Waals surface area contributed by atoms with Gasteiger partial charge < -0.3 is 9.64 Å². The van der Waals surface area contributed by atoms with Gasteiger partial charge in [-0.2, -0.15) is 0 Å². The molecule has 0 N–H and O–H groups in total. The van der Waals surface area contributed by atoms with Gasteiger partial charge in [0.15, 0.2) is 0 Å². The second-order valence-electron chi connectivity index (χ2n) is 7.96. The molecule has 2 aromatic carbocycles. The van der Waals surface area contributed by atoms with Gasteiger partial charge in [0.1, 0.15) is 5.75 Å². The summed E-state index contributed by atoms with van der Waals surface area (Å²) in [4.78, 5) is 19.6. The number of piperidine rings is 1. The van der Waals surface area contributed by atoms with Crippen LogP contribution in [0.2, 0.25) is 0 Å². The lowest BCUT2D eigenvalue weighted by Crippen LogP contribution is -2.40. The summed E-state index contributed by atoms with van der Waals surface area (Å²) >= 11 is 0. The zero-order chi connectivity index (χ0) is 20.8. The van der Waals surface area contributed by atoms with Crippen LogP contribution >= 0.6 is 0 Å². The molecule has 30 heavy (non-hydrogen) atoms. The molecule has 154 valence electrons. The van der Waals surface area contributed by atoms with Gasteiger partial charge in [0.2, 0.25) is 5.91 Å². The van der Waals surface area contributed by atoms with Gasteiger partial charge in [-0.1, -0.05) is 48.5 Å². The fourth-order valence-corrected chi connectivity index (χ4v) is 4.13. The Morgan fingerprint density at radius 2 is 1.87 bits per heavy atom. The molecule has 1 fully saturated rings. The monoisotopic (exact) mass is 400 g/mol. The van der Waals surface area contributed by atoms with E-state index in [2.05, 4.69) is 36.4 Å². The Balaban J connectivity index is 1.37. The summed E-state index contributed by atoms with van der Waals surface area (Å²) in [7, 11) is 1.65. The summed E-state index contributed by atoms with van der Waals surface area (Å²) < 4.78 is 5.27. The average Bonchev–Trinajstić information content (AvgIpc) is 2.80. The van der Waals surface area contributed by atoms with Gasteiger partial charge in [0, 0.05) is 30.9 Å². The topological polar surface area (TPSA) is 42.4 Å². The van der Waals surface area contributed by atoms with E-state index in [-0.39, 0.29) is 5.91 Å². The Morgan fingerprint density at radius 1 is 1.03 bits per heavy atom. The highest BCUT2D eigenvalue weighted by molar-refractivity contribution is 5.79. The Kier molecular flexibility index (Phi) is 6.43. The van der Waals surface area contributed by atoms with Crippen molar-refractivity contribution in [1.29, 1.82) is 0 Å². The minimum atomic E-state index is 0.175. The predicted octanol–water partition coefficient (Wildman–Crippen LogP) is 4.63. The summed E-state index contributed by atoms with van der Waals surface area (Å²) in [5, 5.41) is 0. The Morgan fingerprint density at radius 3 is 2.63 bits per heavy atom. The molecule has 0 saturated carbocycles. The van der Waals surface area contributed by atoms with Crippen molar-refractivity contribution in [3.63, 3.8) is 0 Å². The van der Waals surface area contributed by atoms with Crippen molar-refractivity contribution in [2.45, 2.75) is 31.6 Å². The first-order chi connectivity index (χ1) is 14.7. The number of nitrogens with zero attached hydrogens (tertiary/aromatic N) is 2. The van der Waals surface area contributed by atoms with Crippen LogP contribution in [0.25, 0.3) is 0 Å². The third-order valence-corrected chi connectivity index (χ3v) is 5.78. The molecule has 0 bridgehead atoms. The van der Waals surface area contributed by atoms with Crippen molar-refractivity contribution in [1.82, 2.24) is 9.88 Å². The normalized spacial score (nSPS) is 16.3. The third-order valence-electron chi connectivity index (χ3n) is 5.78. The van der Waals surface area contributed by atoms with Gasteiger partial charge in [0.05, 0.1) is 13.5 Å². The predicted molar refractivity (Wildman–Crippen MR) is 119 cm³/mol. The van der Waals surface area contributed by atoms with Gasteiger partial charge in [-0.15, -0.1) is 0 Å². The fourth-order valence-electron chi connectivity index (χ4n) is 4.13. The highest BCUT2D eigenvalue weighted by Gasteiger charge is 2.25. The van der Waals surface area contributed by atoms with Gasteiger partial charge in [0.25, 0.3) is 0 Å². The zero-order valence-corrected chi connectivity index (χ0v) is 17.5. The number of likely N-dealkylation sites (tertiary alicyclic amines) is 1. The van der Waals surface area contributed by atoms with Crippen LogP contribution in [-0.2, 0) is 17.6 Å². The van der Waals surface area contributed by atoms with Crippen LogP contribution in [0.15, 0.2) is 72.9 Å². The van der Waals surface area contributed by atoms with E-state index < -0.39 is 0 Å². The van der Waals surface area contributed by atoms with Crippen molar-refractivity contribution in [2.75, 3.05) is 20.2 Å². The summed E-state index contributed by atoms with van der Waals surface area (Å²) in [6.07, 6.45) is 5.38. The molecule has 1 aliphatic heterocycles. The highest BCUT2D eigenvalue weighted by Crippen LogP contribution is 2.26. The van der Waals surface area contributed by atoms with Crippen LogP contribution in [0.5, 0.6) is 5.75 Å². The summed E-state index contributed by atoms with van der Waals surface area (Å²) in [5.41, 5.74) is 4.58. The van der Waals surface area contributed by atoms with Crippen molar-refractivity contribution in [2.24, 2.45) is 0 Å². The summed E-state index contributed by atoms with van der Waals surface area (Å²) in [6, 6.07) is 22.5. The van der Waals surface area contributed by atoms with E-state index in [9.17, 15) is 4.79 Å². The largest absolute Gasteiger partial charge is 0.497 e. The van der Waals surface area contributed by atoms with Crippen LogP contribution in [-0.4, -0.2) is 36.0 Å². The molecule has 1 aromatic heterocycles. The van der Waals surface area contributed by atoms with E-state index >= 15 is 0 Å². The number of carbonyl (C=O) groups is 1. The summed E-state index contributed by atoms with van der Waals surface area (Å²) in [5.74, 6) is 1.27. The fraction of sp³-hybridized carbons (Fsp3) is 0.308. The van der Waals surface area contributed by atoms with E-state index in [1.165, 1.54) is 11.1 Å². The van der Waals surface area contributed by atoms with Crippen LogP contribution in [0.3, 0.4) is 0 Å². The number of carbonyl (C=O) groups excluding carboxylic acids is 1. The van der Waals surface area contributed by atoms with Gasteiger partial charge in [-0.3, -0.25) is 9.78 Å². The molecule has 1 saturated heterocycles. The zero-order valence-electron chi connectivity index (χ0n) is 17.5. The Hall–Kier alpha value is -3.14. The van der Waals surface area contributed by atoms with Crippen LogP contribution in [0.1, 0.15) is 41.1 Å². The highest BCUT2D eigenvalue weighted by atomic mass is 16.5. The maximum absolute atomic E-state index is 12.9. The number of ether oxygens (including phenoxy) is 1. The molecule has 0 radical (unpaired) electrons. The first-order valence-electron chi connectivity index (χ1n) is 10.6. The molecule has 4 heteroatoms. The van der Waals surface area contributed by atoms with E-state index in [1.807, 2.05) is 41.4 Å². The molecule has 1 atom stereocenters. The number of amides is 1. The molecule has 3 aromatic rings. The quantitative estimate of drug-likeness (QED) is 0.606. The molecular weight excluding hydrogens is 372 g/mol. The van der Waals surface area contributed by atoms with E-state index in [0.717, 1.165) is 49.4 Å². The Bertz CT molecular complexity index is 970. The maximum atomic E-state index is 12.9. The number of hydrogen-bond acceptors (Lipinski definition) is 3. The standard InChI is InChI=1S/C26H28N2O2/c1-30-24-11-5-9-21(16-24)17-26(29)28-14-6-10-23(19-28)25-13-12-22(18-27-25)15-20-7-3-2-4-8-20/h2-5,7-9,11-13,16,18,23H,6,10,14-15,17,19H2,1H3. The molecule has 2 heterocycles. The van der Waals surface area contributed by atoms with Gasteiger partial charge in [-0.25, -0.2) is 0 Å². The number of pyridine rings is 1. The molecule has 1 amide bonds. The molecular formula is C26H28N2O2. The average molecular weight is 401 g/mol. The van der Waals surface area contributed by atoms with E-state index in [0.29, 0.717) is 12.3 Å². The van der Waals surface area contributed by atoms with E-state index in [1.54, 1.807) is 7.11 Å². The Labute approximate surface area is 178 Å². The summed E-state index contributed by atoms with van der Waals surface area (Å²) in [6.45, 7) is 1.57. The number of hydrogen-bond donors (Lipinski definition) is 0. The maximum Gasteiger partial charge on any atom is 0.227 e. The molecule has 4 rings (SSSR count). The minimum Gasteiger partial charge on any atom is -0.497 e. The van der Waals surface area contributed by atoms with Crippen molar-refractivity contribution in [3.8, 4) is 5.75 Å². The lowest BCUT2D eigenvalue weighted by Gasteiger charge is -2.32. The van der Waals surface area contributed by atoms with Crippen molar-refractivity contribution >= 4 is 5.91 Å². The first kappa shape index (κ1) is 20.1. The molecule has 4 nitrogen and oxygen atoms in total. The van der Waals surface area contributed by atoms with Crippen LogP contribution in [0, 0.1) is 0 Å². The molecule has 0 spiro atoms. The third kappa shape index (κ3) is 5.07. The molecule has 1 aliphatic rings. The second kappa shape index (κ2) is 9.57. The lowest BCUT2D eigenvalue weighted by molar-refractivity contribution is -0.131. The van der Waals surface area contributed by atoms with Gasteiger partial charge in [-0.05, 0) is 54.2 Å². The second-order valence-corrected chi connectivity index (χ2v) is 7.96. The number of aromatic nitrogens is 1. The van der Waals surface area contributed by atoms with Crippen LogP contribution in [0.4, 0.5) is 0 Å². The molecule has 1 unspecified atom stereocenters. The number of methoxy groups -OCH3 is 1. The van der Waals surface area contributed by atoms with Crippen molar-refractivity contribution in [3.05, 3.63) is 95.3 Å². The smallest absolute Gasteiger partial charge is 0.227 e. The SMILES string of the molecule is COc1cccc(CC(=O)N2CCCC(c3ccc(Cc4ccccc4)cn3)C2)c1.